The van der Waals surface area contributed by atoms with Crippen LogP contribution in [0.2, 0.25) is 0 Å². The van der Waals surface area contributed by atoms with Gasteiger partial charge in [-0.1, -0.05) is 38.1 Å². The van der Waals surface area contributed by atoms with E-state index in [1.54, 1.807) is 24.3 Å². The Morgan fingerprint density at radius 1 is 1.00 bits per heavy atom. The average molecular weight is 339 g/mol. The van der Waals surface area contributed by atoms with Crippen molar-refractivity contribution in [3.63, 3.8) is 0 Å². The summed E-state index contributed by atoms with van der Waals surface area (Å²) in [6.07, 6.45) is 0. The number of likely N-dealkylation sites (N-methyl/N-ethyl adjacent to an activating group) is 1. The van der Waals surface area contributed by atoms with Gasteiger partial charge in [0.05, 0.1) is 7.05 Å². The van der Waals surface area contributed by atoms with Crippen LogP contribution in [0.15, 0.2) is 48.5 Å². The molecule has 25 heavy (non-hydrogen) atoms. The Morgan fingerprint density at radius 3 is 2.12 bits per heavy atom. The number of quaternary nitrogens is 1. The maximum atomic E-state index is 12.2. The molecule has 2 aromatic carbocycles. The third-order valence-electron chi connectivity index (χ3n) is 4.19. The summed E-state index contributed by atoms with van der Waals surface area (Å²) in [5, 5.41) is 2.88. The fourth-order valence-corrected chi connectivity index (χ4v) is 2.70. The van der Waals surface area contributed by atoms with E-state index >= 15 is 0 Å². The molecule has 132 valence electrons. The number of anilines is 1. The lowest BCUT2D eigenvalue weighted by Gasteiger charge is -2.15. The number of carbonyl (C=O) groups is 2. The van der Waals surface area contributed by atoms with E-state index in [0.29, 0.717) is 23.7 Å². The minimum absolute atomic E-state index is 0.0190. The Labute approximate surface area is 149 Å². The normalized spacial score (nSPS) is 12.0. The zero-order chi connectivity index (χ0) is 18.4. The number of nitrogens with one attached hydrogen (secondary N) is 2. The number of rotatable bonds is 7. The minimum Gasteiger partial charge on any atom is -0.326 e. The van der Waals surface area contributed by atoms with Gasteiger partial charge >= 0.3 is 0 Å². The molecule has 2 aromatic rings. The Bertz CT molecular complexity index is 719. The standard InChI is InChI=1S/C21H26N2O2/c1-15(2)18-7-5-17(6-8-18)13-23(4)14-21(25)22-20-11-9-19(10-12-20)16(3)24/h5-12,15H,13-14H2,1-4H3,(H,22,25)/p+1. The number of hydrogen-bond donors (Lipinski definition) is 2. The Balaban J connectivity index is 1.86. The summed E-state index contributed by atoms with van der Waals surface area (Å²) < 4.78 is 0. The molecular weight excluding hydrogens is 312 g/mol. The first kappa shape index (κ1) is 18.9. The van der Waals surface area contributed by atoms with Crippen molar-refractivity contribution in [3.8, 4) is 0 Å². The van der Waals surface area contributed by atoms with Gasteiger partial charge in [-0.05, 0) is 42.7 Å². The predicted octanol–water partition coefficient (Wildman–Crippen LogP) is 2.67. The lowest BCUT2D eigenvalue weighted by atomic mass is 10.0. The first-order valence-corrected chi connectivity index (χ1v) is 8.66. The van der Waals surface area contributed by atoms with Crippen molar-refractivity contribution >= 4 is 17.4 Å². The highest BCUT2D eigenvalue weighted by atomic mass is 16.2. The van der Waals surface area contributed by atoms with Gasteiger partial charge < -0.3 is 10.2 Å². The van der Waals surface area contributed by atoms with Crippen molar-refractivity contribution in [2.24, 2.45) is 0 Å². The van der Waals surface area contributed by atoms with Gasteiger partial charge in [0.15, 0.2) is 12.3 Å². The van der Waals surface area contributed by atoms with Crippen LogP contribution in [0, 0.1) is 0 Å². The molecule has 0 aliphatic carbocycles. The van der Waals surface area contributed by atoms with Gasteiger partial charge in [-0.2, -0.15) is 0 Å². The summed E-state index contributed by atoms with van der Waals surface area (Å²) in [5.41, 5.74) is 3.91. The molecule has 1 unspecified atom stereocenters. The van der Waals surface area contributed by atoms with Crippen molar-refractivity contribution in [2.45, 2.75) is 33.2 Å². The Morgan fingerprint density at radius 2 is 1.60 bits per heavy atom. The lowest BCUT2D eigenvalue weighted by molar-refractivity contribution is -0.885. The molecule has 4 heteroatoms. The number of benzene rings is 2. The molecule has 0 fully saturated rings. The van der Waals surface area contributed by atoms with Gasteiger partial charge in [0.2, 0.25) is 0 Å². The topological polar surface area (TPSA) is 50.6 Å². The van der Waals surface area contributed by atoms with E-state index in [1.165, 1.54) is 18.1 Å². The van der Waals surface area contributed by atoms with Crippen LogP contribution in [0.1, 0.15) is 48.2 Å². The van der Waals surface area contributed by atoms with E-state index < -0.39 is 0 Å². The number of Topliss-reactive ketones (excluding diaryl/α,β-unsaturated/α-hetero) is 1. The number of ketones is 1. The molecule has 0 aliphatic heterocycles. The largest absolute Gasteiger partial charge is 0.326 e. The zero-order valence-corrected chi connectivity index (χ0v) is 15.4. The summed E-state index contributed by atoms with van der Waals surface area (Å²) in [7, 11) is 2.01. The molecule has 0 bridgehead atoms. The van der Waals surface area contributed by atoms with Crippen LogP contribution in [0.25, 0.3) is 0 Å². The maximum absolute atomic E-state index is 12.2. The summed E-state index contributed by atoms with van der Waals surface area (Å²) in [4.78, 5) is 24.6. The second-order valence-corrected chi connectivity index (χ2v) is 6.89. The number of carbonyl (C=O) groups excluding carboxylic acids is 2. The van der Waals surface area contributed by atoms with E-state index in [4.69, 9.17) is 0 Å². The van der Waals surface area contributed by atoms with Gasteiger partial charge in [0.25, 0.3) is 5.91 Å². The summed E-state index contributed by atoms with van der Waals surface area (Å²) in [6.45, 7) is 7.08. The highest BCUT2D eigenvalue weighted by Gasteiger charge is 2.11. The van der Waals surface area contributed by atoms with Crippen LogP contribution in [-0.4, -0.2) is 25.3 Å². The van der Waals surface area contributed by atoms with E-state index in [9.17, 15) is 9.59 Å². The Hall–Kier alpha value is -2.46. The van der Waals surface area contributed by atoms with E-state index in [1.807, 2.05) is 7.05 Å². The minimum atomic E-state index is -0.0353. The van der Waals surface area contributed by atoms with Gasteiger partial charge in [0, 0.05) is 16.8 Å². The van der Waals surface area contributed by atoms with Crippen LogP contribution < -0.4 is 10.2 Å². The second kappa shape index (κ2) is 8.58. The van der Waals surface area contributed by atoms with Crippen LogP contribution in [-0.2, 0) is 11.3 Å². The molecule has 2 N–H and O–H groups in total. The van der Waals surface area contributed by atoms with Crippen molar-refractivity contribution in [1.82, 2.24) is 0 Å². The summed E-state index contributed by atoms with van der Waals surface area (Å²) in [5.74, 6) is 0.511. The number of amides is 1. The summed E-state index contributed by atoms with van der Waals surface area (Å²) >= 11 is 0. The molecule has 0 aromatic heterocycles. The smallest absolute Gasteiger partial charge is 0.279 e. The van der Waals surface area contributed by atoms with Gasteiger partial charge in [-0.3, -0.25) is 9.59 Å². The van der Waals surface area contributed by atoms with Crippen molar-refractivity contribution < 1.29 is 14.5 Å². The van der Waals surface area contributed by atoms with Crippen LogP contribution >= 0.6 is 0 Å². The maximum Gasteiger partial charge on any atom is 0.279 e. The molecule has 0 saturated heterocycles. The van der Waals surface area contributed by atoms with Crippen LogP contribution in [0.4, 0.5) is 5.69 Å². The molecular formula is C21H27N2O2+. The molecule has 0 aliphatic rings. The van der Waals surface area contributed by atoms with Crippen LogP contribution in [0.5, 0.6) is 0 Å². The van der Waals surface area contributed by atoms with Gasteiger partial charge in [-0.25, -0.2) is 0 Å². The average Bonchev–Trinajstić information content (AvgIpc) is 2.55. The van der Waals surface area contributed by atoms with E-state index in [2.05, 4.69) is 43.4 Å². The highest BCUT2D eigenvalue weighted by Crippen LogP contribution is 2.14. The highest BCUT2D eigenvalue weighted by molar-refractivity contribution is 5.95. The van der Waals surface area contributed by atoms with Crippen molar-refractivity contribution in [2.75, 3.05) is 18.9 Å². The first-order chi connectivity index (χ1) is 11.8. The Kier molecular flexibility index (Phi) is 6.48. The zero-order valence-electron chi connectivity index (χ0n) is 15.4. The van der Waals surface area contributed by atoms with Gasteiger partial charge in [-0.15, -0.1) is 0 Å². The molecule has 0 radical (unpaired) electrons. The van der Waals surface area contributed by atoms with E-state index in [0.717, 1.165) is 11.4 Å². The predicted molar refractivity (Wildman–Crippen MR) is 101 cm³/mol. The summed E-state index contributed by atoms with van der Waals surface area (Å²) in [6, 6.07) is 15.6. The van der Waals surface area contributed by atoms with E-state index in [-0.39, 0.29) is 11.7 Å². The molecule has 0 saturated carbocycles. The molecule has 0 spiro atoms. The third kappa shape index (κ3) is 5.84. The van der Waals surface area contributed by atoms with Crippen LogP contribution in [0.3, 0.4) is 0 Å². The third-order valence-corrected chi connectivity index (χ3v) is 4.19. The second-order valence-electron chi connectivity index (χ2n) is 6.89. The molecule has 2 rings (SSSR count). The molecule has 1 amide bonds. The van der Waals surface area contributed by atoms with Crippen molar-refractivity contribution in [1.29, 1.82) is 0 Å². The monoisotopic (exact) mass is 339 g/mol. The number of hydrogen-bond acceptors (Lipinski definition) is 2. The fraction of sp³-hybridized carbons (Fsp3) is 0.333. The molecule has 0 heterocycles. The molecule has 4 nitrogen and oxygen atoms in total. The SMILES string of the molecule is CC(=O)c1ccc(NC(=O)C[NH+](C)Cc2ccc(C(C)C)cc2)cc1. The quantitative estimate of drug-likeness (QED) is 0.762. The van der Waals surface area contributed by atoms with Gasteiger partial charge in [0.1, 0.15) is 6.54 Å². The van der Waals surface area contributed by atoms with Crippen molar-refractivity contribution in [3.05, 3.63) is 65.2 Å². The first-order valence-electron chi connectivity index (χ1n) is 8.66. The molecule has 1 atom stereocenters. The lowest BCUT2D eigenvalue weighted by Crippen LogP contribution is -3.08. The fourth-order valence-electron chi connectivity index (χ4n) is 2.70.